The molecule has 0 amide bonds. The van der Waals surface area contributed by atoms with Gasteiger partial charge in [0.1, 0.15) is 0 Å². The SMILES string of the molecule is O=NCCCCC1=NCCS1. The highest BCUT2D eigenvalue weighted by Crippen LogP contribution is 2.16. The van der Waals surface area contributed by atoms with Crippen LogP contribution in [0.25, 0.3) is 0 Å². The van der Waals surface area contributed by atoms with E-state index in [2.05, 4.69) is 10.2 Å². The molecule has 3 nitrogen and oxygen atoms in total. The second kappa shape index (κ2) is 5.29. The number of rotatable bonds is 5. The van der Waals surface area contributed by atoms with Crippen LogP contribution >= 0.6 is 11.8 Å². The smallest absolute Gasteiger partial charge is 0.0811 e. The van der Waals surface area contributed by atoms with E-state index in [1.165, 1.54) is 5.04 Å². The third kappa shape index (κ3) is 3.51. The first-order valence-electron chi connectivity index (χ1n) is 3.88. The lowest BCUT2D eigenvalue weighted by Crippen LogP contribution is -1.89. The van der Waals surface area contributed by atoms with Crippen molar-refractivity contribution in [1.82, 2.24) is 0 Å². The number of unbranched alkanes of at least 4 members (excludes halogenated alkanes) is 1. The second-order valence-electron chi connectivity index (χ2n) is 2.43. The van der Waals surface area contributed by atoms with Crippen LogP contribution in [0, 0.1) is 4.91 Å². The zero-order valence-corrected chi connectivity index (χ0v) is 7.27. The monoisotopic (exact) mass is 172 g/mol. The van der Waals surface area contributed by atoms with E-state index in [1.807, 2.05) is 11.8 Å². The molecule has 0 atom stereocenters. The van der Waals surface area contributed by atoms with Crippen LogP contribution < -0.4 is 0 Å². The molecule has 0 saturated carbocycles. The summed E-state index contributed by atoms with van der Waals surface area (Å²) in [5, 5.41) is 4.06. The number of hydrogen-bond acceptors (Lipinski definition) is 4. The highest BCUT2D eigenvalue weighted by Gasteiger charge is 2.05. The Morgan fingerprint density at radius 3 is 3.09 bits per heavy atom. The fourth-order valence-electron chi connectivity index (χ4n) is 0.983. The Hall–Kier alpha value is -0.380. The summed E-state index contributed by atoms with van der Waals surface area (Å²) in [7, 11) is 0. The average molecular weight is 172 g/mol. The summed E-state index contributed by atoms with van der Waals surface area (Å²) in [6.07, 6.45) is 3.00. The summed E-state index contributed by atoms with van der Waals surface area (Å²) < 4.78 is 0. The molecule has 0 unspecified atom stereocenters. The van der Waals surface area contributed by atoms with E-state index in [0.29, 0.717) is 6.54 Å². The average Bonchev–Trinajstić information content (AvgIpc) is 2.50. The maximum atomic E-state index is 9.72. The molecular weight excluding hydrogens is 160 g/mol. The van der Waals surface area contributed by atoms with Crippen LogP contribution in [0.15, 0.2) is 10.2 Å². The molecule has 0 bridgehead atoms. The number of nitroso groups, excluding NO2 is 1. The minimum Gasteiger partial charge on any atom is -0.282 e. The zero-order chi connectivity index (χ0) is 7.94. The molecule has 0 radical (unpaired) electrons. The van der Waals surface area contributed by atoms with Gasteiger partial charge in [0.15, 0.2) is 0 Å². The van der Waals surface area contributed by atoms with Gasteiger partial charge in [0.05, 0.1) is 11.6 Å². The molecule has 0 aromatic heterocycles. The van der Waals surface area contributed by atoms with Crippen LogP contribution in [0.1, 0.15) is 19.3 Å². The Morgan fingerprint density at radius 1 is 1.55 bits per heavy atom. The number of nitrogens with zero attached hydrogens (tertiary/aromatic N) is 2. The van der Waals surface area contributed by atoms with Crippen molar-refractivity contribution in [2.24, 2.45) is 10.2 Å². The van der Waals surface area contributed by atoms with Gasteiger partial charge in [-0.05, 0) is 19.3 Å². The van der Waals surface area contributed by atoms with Gasteiger partial charge in [0.25, 0.3) is 0 Å². The Bertz CT molecular complexity index is 159. The van der Waals surface area contributed by atoms with Crippen molar-refractivity contribution in [3.8, 4) is 0 Å². The molecule has 0 aliphatic carbocycles. The van der Waals surface area contributed by atoms with Gasteiger partial charge in [0, 0.05) is 12.3 Å². The van der Waals surface area contributed by atoms with Crippen LogP contribution in [-0.2, 0) is 0 Å². The first-order chi connectivity index (χ1) is 5.43. The van der Waals surface area contributed by atoms with Crippen molar-refractivity contribution in [1.29, 1.82) is 0 Å². The predicted molar refractivity (Wildman–Crippen MR) is 49.3 cm³/mol. The van der Waals surface area contributed by atoms with Crippen molar-refractivity contribution in [3.05, 3.63) is 4.91 Å². The largest absolute Gasteiger partial charge is 0.282 e. The van der Waals surface area contributed by atoms with Crippen molar-refractivity contribution in [2.45, 2.75) is 19.3 Å². The van der Waals surface area contributed by atoms with Crippen LogP contribution in [0.2, 0.25) is 0 Å². The summed E-state index contributed by atoms with van der Waals surface area (Å²) in [5.74, 6) is 1.14. The van der Waals surface area contributed by atoms with Crippen LogP contribution in [-0.4, -0.2) is 23.9 Å². The number of aliphatic imine (C=N–C) groups is 1. The molecule has 0 fully saturated rings. The lowest BCUT2D eigenvalue weighted by Gasteiger charge is -1.95. The van der Waals surface area contributed by atoms with Gasteiger partial charge < -0.3 is 0 Å². The molecule has 0 aromatic carbocycles. The van der Waals surface area contributed by atoms with Gasteiger partial charge in [-0.2, -0.15) is 4.91 Å². The Balaban J connectivity index is 1.98. The van der Waals surface area contributed by atoms with E-state index in [9.17, 15) is 4.91 Å². The minimum atomic E-state index is 0.456. The fraction of sp³-hybridized carbons (Fsp3) is 0.857. The minimum absolute atomic E-state index is 0.456. The number of hydrogen-bond donors (Lipinski definition) is 0. The standard InChI is InChI=1S/C7H12N2OS/c10-9-4-2-1-3-7-8-5-6-11-7/h1-6H2. The predicted octanol–water partition coefficient (Wildman–Crippen LogP) is 2.07. The molecule has 0 aromatic rings. The van der Waals surface area contributed by atoms with Crippen LogP contribution in [0.4, 0.5) is 0 Å². The molecule has 11 heavy (non-hydrogen) atoms. The second-order valence-corrected chi connectivity index (χ2v) is 3.60. The van der Waals surface area contributed by atoms with E-state index in [4.69, 9.17) is 0 Å². The molecule has 0 saturated heterocycles. The maximum absolute atomic E-state index is 9.72. The summed E-state index contributed by atoms with van der Waals surface area (Å²) in [6.45, 7) is 1.43. The van der Waals surface area contributed by atoms with Gasteiger partial charge in [-0.25, -0.2) is 0 Å². The fourth-order valence-corrected chi connectivity index (χ4v) is 1.87. The topological polar surface area (TPSA) is 41.8 Å². The van der Waals surface area contributed by atoms with Gasteiger partial charge in [-0.15, -0.1) is 11.8 Å². The van der Waals surface area contributed by atoms with Gasteiger partial charge in [-0.3, -0.25) is 4.99 Å². The van der Waals surface area contributed by atoms with E-state index in [-0.39, 0.29) is 0 Å². The van der Waals surface area contributed by atoms with Gasteiger partial charge in [0.2, 0.25) is 0 Å². The van der Waals surface area contributed by atoms with Gasteiger partial charge >= 0.3 is 0 Å². The normalized spacial score (nSPS) is 16.5. The Labute approximate surface area is 70.6 Å². The lowest BCUT2D eigenvalue weighted by molar-refractivity contribution is 0.774. The molecule has 1 aliphatic rings. The van der Waals surface area contributed by atoms with E-state index in [1.54, 1.807) is 0 Å². The highest BCUT2D eigenvalue weighted by molar-refractivity contribution is 8.14. The maximum Gasteiger partial charge on any atom is 0.0811 e. The van der Waals surface area contributed by atoms with Crippen molar-refractivity contribution in [3.63, 3.8) is 0 Å². The lowest BCUT2D eigenvalue weighted by atomic mass is 10.2. The third-order valence-corrected chi connectivity index (χ3v) is 2.59. The highest BCUT2D eigenvalue weighted by atomic mass is 32.2. The first kappa shape index (κ1) is 8.71. The van der Waals surface area contributed by atoms with E-state index < -0.39 is 0 Å². The molecule has 1 aliphatic heterocycles. The van der Waals surface area contributed by atoms with Gasteiger partial charge in [-0.1, -0.05) is 5.18 Å². The quantitative estimate of drug-likeness (QED) is 0.470. The molecule has 0 spiro atoms. The van der Waals surface area contributed by atoms with Crippen molar-refractivity contribution >= 4 is 16.8 Å². The number of thioether (sulfide) groups is 1. The molecule has 1 rings (SSSR count). The summed E-state index contributed by atoms with van der Waals surface area (Å²) in [4.78, 5) is 14.0. The molecule has 62 valence electrons. The molecular formula is C7H12N2OS. The summed E-state index contributed by atoms with van der Waals surface area (Å²) in [5.41, 5.74) is 0. The Kier molecular flexibility index (Phi) is 4.19. The first-order valence-corrected chi connectivity index (χ1v) is 4.87. The molecule has 1 heterocycles. The zero-order valence-electron chi connectivity index (χ0n) is 6.45. The van der Waals surface area contributed by atoms with E-state index in [0.717, 1.165) is 31.6 Å². The summed E-state index contributed by atoms with van der Waals surface area (Å²) >= 11 is 1.84. The summed E-state index contributed by atoms with van der Waals surface area (Å²) in [6, 6.07) is 0. The van der Waals surface area contributed by atoms with E-state index >= 15 is 0 Å². The molecule has 4 heteroatoms. The van der Waals surface area contributed by atoms with Crippen LogP contribution in [0.5, 0.6) is 0 Å². The van der Waals surface area contributed by atoms with Crippen molar-refractivity contribution < 1.29 is 0 Å². The van der Waals surface area contributed by atoms with Crippen LogP contribution in [0.3, 0.4) is 0 Å². The third-order valence-electron chi connectivity index (χ3n) is 1.54. The Morgan fingerprint density at radius 2 is 2.45 bits per heavy atom. The molecule has 0 N–H and O–H groups in total. The van der Waals surface area contributed by atoms with Crippen molar-refractivity contribution in [2.75, 3.05) is 18.8 Å².